The minimum absolute atomic E-state index is 0.576. The standard InChI is InChI=1S/C10H16N6O/c1-3-11-10-15-8(12-4-5-17-2)7-9(16-10)14-6-13-7/h6H,3-5H2,1-2H3,(H3,11,12,13,14,15,16). The van der Waals surface area contributed by atoms with Crippen molar-refractivity contribution in [1.29, 1.82) is 0 Å². The number of nitrogens with one attached hydrogen (secondary N) is 3. The van der Waals surface area contributed by atoms with E-state index in [0.717, 1.165) is 17.9 Å². The lowest BCUT2D eigenvalue weighted by Gasteiger charge is -2.08. The number of hydrogen-bond donors (Lipinski definition) is 3. The highest BCUT2D eigenvalue weighted by molar-refractivity contribution is 5.83. The van der Waals surface area contributed by atoms with Crippen LogP contribution < -0.4 is 10.6 Å². The molecule has 0 aliphatic carbocycles. The number of methoxy groups -OCH3 is 1. The lowest BCUT2D eigenvalue weighted by molar-refractivity contribution is 0.210. The molecule has 2 rings (SSSR count). The van der Waals surface area contributed by atoms with Crippen LogP contribution in [0.15, 0.2) is 6.33 Å². The minimum atomic E-state index is 0.576. The molecular weight excluding hydrogens is 220 g/mol. The SMILES string of the molecule is CCNc1nc(NCCOC)c2[nH]cnc2n1. The number of ether oxygens (including phenoxy) is 1. The Morgan fingerprint density at radius 1 is 1.35 bits per heavy atom. The van der Waals surface area contributed by atoms with Crippen molar-refractivity contribution in [2.75, 3.05) is 37.4 Å². The molecule has 3 N–H and O–H groups in total. The van der Waals surface area contributed by atoms with Gasteiger partial charge in [-0.25, -0.2) is 4.98 Å². The lowest BCUT2D eigenvalue weighted by atomic mass is 10.4. The van der Waals surface area contributed by atoms with Gasteiger partial charge in [-0.05, 0) is 6.92 Å². The Hall–Kier alpha value is -1.89. The summed E-state index contributed by atoms with van der Waals surface area (Å²) in [6.45, 7) is 4.08. The molecule has 2 heterocycles. The molecule has 0 saturated heterocycles. The van der Waals surface area contributed by atoms with Crippen molar-refractivity contribution in [2.45, 2.75) is 6.92 Å². The van der Waals surface area contributed by atoms with Gasteiger partial charge in [0.25, 0.3) is 0 Å². The smallest absolute Gasteiger partial charge is 0.226 e. The molecule has 17 heavy (non-hydrogen) atoms. The van der Waals surface area contributed by atoms with Crippen molar-refractivity contribution in [3.05, 3.63) is 6.33 Å². The van der Waals surface area contributed by atoms with Gasteiger partial charge in [0, 0.05) is 20.2 Å². The molecule has 0 bridgehead atoms. The Morgan fingerprint density at radius 2 is 2.24 bits per heavy atom. The average Bonchev–Trinajstić information content (AvgIpc) is 2.78. The molecule has 92 valence electrons. The summed E-state index contributed by atoms with van der Waals surface area (Å²) in [7, 11) is 1.66. The summed E-state index contributed by atoms with van der Waals surface area (Å²) in [4.78, 5) is 15.8. The molecular formula is C10H16N6O. The molecule has 7 nitrogen and oxygen atoms in total. The summed E-state index contributed by atoms with van der Waals surface area (Å²) < 4.78 is 4.99. The molecule has 0 radical (unpaired) electrons. The zero-order chi connectivity index (χ0) is 12.1. The predicted octanol–water partition coefficient (Wildman–Crippen LogP) is 0.843. The Bertz CT molecular complexity index is 483. The topological polar surface area (TPSA) is 87.8 Å². The van der Waals surface area contributed by atoms with Gasteiger partial charge in [0.1, 0.15) is 5.52 Å². The summed E-state index contributed by atoms with van der Waals surface area (Å²) in [5.74, 6) is 1.31. The summed E-state index contributed by atoms with van der Waals surface area (Å²) in [5, 5.41) is 6.26. The largest absolute Gasteiger partial charge is 0.383 e. The third-order valence-corrected chi connectivity index (χ3v) is 2.22. The van der Waals surface area contributed by atoms with Crippen LogP contribution in [0.25, 0.3) is 11.2 Å². The number of aromatic amines is 1. The average molecular weight is 236 g/mol. The maximum atomic E-state index is 4.99. The van der Waals surface area contributed by atoms with Gasteiger partial charge in [-0.15, -0.1) is 0 Å². The van der Waals surface area contributed by atoms with Crippen LogP contribution >= 0.6 is 0 Å². The molecule has 7 heteroatoms. The number of aromatic nitrogens is 4. The first-order valence-corrected chi connectivity index (χ1v) is 5.53. The van der Waals surface area contributed by atoms with Crippen molar-refractivity contribution in [3.8, 4) is 0 Å². The fraction of sp³-hybridized carbons (Fsp3) is 0.500. The van der Waals surface area contributed by atoms with E-state index in [1.54, 1.807) is 13.4 Å². The maximum Gasteiger partial charge on any atom is 0.226 e. The predicted molar refractivity (Wildman–Crippen MR) is 66.2 cm³/mol. The number of rotatable bonds is 6. The fourth-order valence-corrected chi connectivity index (χ4v) is 1.47. The van der Waals surface area contributed by atoms with Crippen molar-refractivity contribution in [1.82, 2.24) is 19.9 Å². The van der Waals surface area contributed by atoms with Crippen LogP contribution in [-0.2, 0) is 4.74 Å². The molecule has 0 spiro atoms. The maximum absolute atomic E-state index is 4.99. The van der Waals surface area contributed by atoms with Crippen molar-refractivity contribution < 1.29 is 4.74 Å². The van der Waals surface area contributed by atoms with Gasteiger partial charge in [0.05, 0.1) is 12.9 Å². The van der Waals surface area contributed by atoms with Crippen LogP contribution in [0.5, 0.6) is 0 Å². The van der Waals surface area contributed by atoms with Crippen molar-refractivity contribution >= 4 is 22.9 Å². The highest BCUT2D eigenvalue weighted by Gasteiger charge is 2.08. The van der Waals surface area contributed by atoms with Crippen LogP contribution in [-0.4, -0.2) is 46.7 Å². The Morgan fingerprint density at radius 3 is 3.00 bits per heavy atom. The van der Waals surface area contributed by atoms with Gasteiger partial charge in [-0.2, -0.15) is 9.97 Å². The molecule has 0 amide bonds. The number of H-pyrrole nitrogens is 1. The van der Waals surface area contributed by atoms with E-state index in [0.29, 0.717) is 24.7 Å². The summed E-state index contributed by atoms with van der Waals surface area (Å²) in [6, 6.07) is 0. The zero-order valence-corrected chi connectivity index (χ0v) is 9.95. The van der Waals surface area contributed by atoms with Gasteiger partial charge in [-0.3, -0.25) is 0 Å². The second-order valence-corrected chi connectivity index (χ2v) is 3.45. The van der Waals surface area contributed by atoms with E-state index >= 15 is 0 Å². The molecule has 2 aromatic rings. The highest BCUT2D eigenvalue weighted by atomic mass is 16.5. The number of nitrogens with zero attached hydrogens (tertiary/aromatic N) is 3. The normalized spacial score (nSPS) is 10.7. The first-order chi connectivity index (χ1) is 8.35. The van der Waals surface area contributed by atoms with E-state index in [-0.39, 0.29) is 0 Å². The summed E-state index contributed by atoms with van der Waals surface area (Å²) in [5.41, 5.74) is 1.46. The fourth-order valence-electron chi connectivity index (χ4n) is 1.47. The van der Waals surface area contributed by atoms with Gasteiger partial charge >= 0.3 is 0 Å². The van der Waals surface area contributed by atoms with Crippen LogP contribution in [0.1, 0.15) is 6.92 Å². The Balaban J connectivity index is 2.26. The van der Waals surface area contributed by atoms with Gasteiger partial charge in [0.15, 0.2) is 11.5 Å². The van der Waals surface area contributed by atoms with Gasteiger partial charge in [0.2, 0.25) is 5.95 Å². The first kappa shape index (κ1) is 11.6. The number of imidazole rings is 1. The third kappa shape index (κ3) is 2.62. The van der Waals surface area contributed by atoms with E-state index in [4.69, 9.17) is 4.74 Å². The van der Waals surface area contributed by atoms with Gasteiger partial charge in [-0.1, -0.05) is 0 Å². The third-order valence-electron chi connectivity index (χ3n) is 2.22. The molecule has 0 fully saturated rings. The molecule has 0 aromatic carbocycles. The molecule has 0 unspecified atom stereocenters. The van der Waals surface area contributed by atoms with Crippen molar-refractivity contribution in [3.63, 3.8) is 0 Å². The van der Waals surface area contributed by atoms with Gasteiger partial charge < -0.3 is 20.4 Å². The first-order valence-electron chi connectivity index (χ1n) is 5.53. The molecule has 0 atom stereocenters. The monoisotopic (exact) mass is 236 g/mol. The Labute approximate surface area is 99.0 Å². The minimum Gasteiger partial charge on any atom is -0.383 e. The van der Waals surface area contributed by atoms with E-state index in [1.807, 2.05) is 6.92 Å². The molecule has 0 aliphatic heterocycles. The highest BCUT2D eigenvalue weighted by Crippen LogP contribution is 2.17. The molecule has 0 saturated carbocycles. The second kappa shape index (κ2) is 5.44. The van der Waals surface area contributed by atoms with E-state index in [9.17, 15) is 0 Å². The number of anilines is 2. The van der Waals surface area contributed by atoms with Crippen LogP contribution in [0.2, 0.25) is 0 Å². The number of hydrogen-bond acceptors (Lipinski definition) is 6. The quantitative estimate of drug-likeness (QED) is 0.644. The molecule has 0 aliphatic rings. The van der Waals surface area contributed by atoms with Crippen LogP contribution in [0.4, 0.5) is 11.8 Å². The Kier molecular flexibility index (Phi) is 3.71. The van der Waals surface area contributed by atoms with Crippen LogP contribution in [0.3, 0.4) is 0 Å². The van der Waals surface area contributed by atoms with Crippen LogP contribution in [0, 0.1) is 0 Å². The second-order valence-electron chi connectivity index (χ2n) is 3.45. The molecule has 2 aromatic heterocycles. The lowest BCUT2D eigenvalue weighted by Crippen LogP contribution is -2.11. The number of fused-ring (bicyclic) bond motifs is 1. The summed E-state index contributed by atoms with van der Waals surface area (Å²) in [6.07, 6.45) is 1.61. The zero-order valence-electron chi connectivity index (χ0n) is 9.95. The van der Waals surface area contributed by atoms with E-state index in [1.165, 1.54) is 0 Å². The van der Waals surface area contributed by atoms with E-state index < -0.39 is 0 Å². The van der Waals surface area contributed by atoms with E-state index in [2.05, 4.69) is 30.6 Å². The van der Waals surface area contributed by atoms with Crippen molar-refractivity contribution in [2.24, 2.45) is 0 Å². The summed E-state index contributed by atoms with van der Waals surface area (Å²) >= 11 is 0.